The number of aliphatic imine (C=N–C) groups is 1. The van der Waals surface area contributed by atoms with Crippen LogP contribution in [0.15, 0.2) is 58.4 Å². The molecule has 0 amide bonds. The summed E-state index contributed by atoms with van der Waals surface area (Å²) in [7, 11) is 0. The van der Waals surface area contributed by atoms with Crippen molar-refractivity contribution in [2.75, 3.05) is 13.1 Å². The minimum absolute atomic E-state index is 0.00891. The van der Waals surface area contributed by atoms with Gasteiger partial charge in [0, 0.05) is 40.8 Å². The summed E-state index contributed by atoms with van der Waals surface area (Å²) in [5.41, 5.74) is 18.6. The Morgan fingerprint density at radius 2 is 1.63 bits per heavy atom. The summed E-state index contributed by atoms with van der Waals surface area (Å²) in [6.45, 7) is 14.8. The third-order valence-corrected chi connectivity index (χ3v) is 9.23. The van der Waals surface area contributed by atoms with Gasteiger partial charge in [-0.2, -0.15) is 18.2 Å². The highest BCUT2D eigenvalue weighted by Gasteiger charge is 2.43. The number of aromatic amines is 1. The summed E-state index contributed by atoms with van der Waals surface area (Å²) >= 11 is 0. The number of H-pyrrole nitrogens is 1. The molecule has 0 radical (unpaired) electrons. The standard InChI is InChI=1S/C23H31N7O.C16H23F4N/c1-22(2,3)18-13-15-14-30(21(31)29-19(15)28-18)17-7-5-16(6-8-17)23(9-10-23)27-12-4-11-26-20(24)25;1-10(21)6-5-7-11-8-12(15(2,3)4)14(17)13(9-11)16(18,19)20/h5-8,13-14,27H,4,9-12H2,1-3H3,(H4,24,25,26)(H,28,29,31);8-10H,5-7,21H2,1-4H3/t;10-/m.0/s1. The summed E-state index contributed by atoms with van der Waals surface area (Å²) in [4.78, 5) is 24.2. The number of rotatable bonds is 11. The van der Waals surface area contributed by atoms with Crippen molar-refractivity contribution < 1.29 is 17.6 Å². The van der Waals surface area contributed by atoms with Crippen molar-refractivity contribution in [3.63, 3.8) is 0 Å². The van der Waals surface area contributed by atoms with Crippen LogP contribution >= 0.6 is 0 Å². The summed E-state index contributed by atoms with van der Waals surface area (Å²) in [6, 6.07) is 12.7. The van der Waals surface area contributed by atoms with Gasteiger partial charge in [0.25, 0.3) is 0 Å². The first-order valence-electron chi connectivity index (χ1n) is 17.8. The number of nitrogens with two attached hydrogens (primary N) is 3. The van der Waals surface area contributed by atoms with Gasteiger partial charge in [-0.3, -0.25) is 9.56 Å². The molecule has 0 bridgehead atoms. The average molecular weight is 727 g/mol. The first kappa shape index (κ1) is 40.5. The zero-order chi connectivity index (χ0) is 38.6. The monoisotopic (exact) mass is 726 g/mol. The van der Waals surface area contributed by atoms with E-state index in [1.54, 1.807) is 31.4 Å². The molecule has 1 atom stereocenters. The molecular formula is C39H54F4N8O. The molecule has 1 aliphatic carbocycles. The Morgan fingerprint density at radius 3 is 2.17 bits per heavy atom. The Labute approximate surface area is 303 Å². The molecule has 8 N–H and O–H groups in total. The number of benzene rings is 2. The van der Waals surface area contributed by atoms with Crippen LogP contribution in [0.1, 0.15) is 109 Å². The van der Waals surface area contributed by atoms with E-state index >= 15 is 0 Å². The van der Waals surface area contributed by atoms with Crippen molar-refractivity contribution >= 4 is 17.0 Å². The van der Waals surface area contributed by atoms with Crippen LogP contribution in [0, 0.1) is 5.82 Å². The van der Waals surface area contributed by atoms with Crippen LogP contribution in [0.2, 0.25) is 0 Å². The van der Waals surface area contributed by atoms with Gasteiger partial charge in [0.2, 0.25) is 0 Å². The number of hydrogen-bond acceptors (Lipinski definition) is 5. The van der Waals surface area contributed by atoms with Gasteiger partial charge >= 0.3 is 11.9 Å². The molecule has 4 aromatic rings. The fraction of sp³-hybridized carbons (Fsp3) is 0.513. The molecule has 5 rings (SSSR count). The maximum atomic E-state index is 14.2. The maximum absolute atomic E-state index is 14.2. The normalized spacial score (nSPS) is 14.8. The van der Waals surface area contributed by atoms with Gasteiger partial charge in [-0.05, 0) is 98.4 Å². The fourth-order valence-electron chi connectivity index (χ4n) is 6.04. The second kappa shape index (κ2) is 15.8. The lowest BCUT2D eigenvalue weighted by Crippen LogP contribution is -2.30. The van der Waals surface area contributed by atoms with Crippen molar-refractivity contribution in [3.05, 3.63) is 92.9 Å². The van der Waals surface area contributed by atoms with E-state index in [9.17, 15) is 22.4 Å². The Bertz CT molecular complexity index is 1870. The average Bonchev–Trinajstić information content (AvgIpc) is 3.69. The highest BCUT2D eigenvalue weighted by molar-refractivity contribution is 5.76. The SMILES string of the molecule is CC(C)(C)c1cc2cn(-c3ccc(C4(NCCCN=C(N)N)CC4)cc3)c(=O)nc2[nH]1.C[C@H](N)CCCc1cc(C(C)(C)C)c(F)c(C(F)(F)F)c1. The van der Waals surface area contributed by atoms with Crippen LogP contribution in [0.3, 0.4) is 0 Å². The summed E-state index contributed by atoms with van der Waals surface area (Å²) in [5, 5.41) is 4.56. The summed E-state index contributed by atoms with van der Waals surface area (Å²) in [6.07, 6.45) is 2.14. The fourth-order valence-corrected chi connectivity index (χ4v) is 6.04. The number of fused-ring (bicyclic) bond motifs is 1. The molecule has 9 nitrogen and oxygen atoms in total. The van der Waals surface area contributed by atoms with E-state index in [-0.39, 0.29) is 34.2 Å². The third-order valence-electron chi connectivity index (χ3n) is 9.23. The molecule has 0 aliphatic heterocycles. The van der Waals surface area contributed by atoms with Crippen LogP contribution in [0.5, 0.6) is 0 Å². The second-order valence-corrected chi connectivity index (χ2v) is 16.0. The second-order valence-electron chi connectivity index (χ2n) is 16.0. The number of nitrogens with zero attached hydrogens (tertiary/aromatic N) is 3. The van der Waals surface area contributed by atoms with Gasteiger partial charge in [0.1, 0.15) is 11.5 Å². The molecule has 1 fully saturated rings. The first-order valence-corrected chi connectivity index (χ1v) is 17.8. The van der Waals surface area contributed by atoms with E-state index in [1.807, 2.05) is 25.3 Å². The van der Waals surface area contributed by atoms with Crippen LogP contribution in [-0.4, -0.2) is 39.6 Å². The molecule has 0 saturated heterocycles. The number of nitrogens with one attached hydrogen (secondary N) is 2. The molecule has 0 unspecified atom stereocenters. The van der Waals surface area contributed by atoms with Crippen LogP contribution in [0.4, 0.5) is 17.6 Å². The smallest absolute Gasteiger partial charge is 0.370 e. The predicted molar refractivity (Wildman–Crippen MR) is 201 cm³/mol. The number of guanidine groups is 1. The molecule has 284 valence electrons. The Morgan fingerprint density at radius 1 is 1.00 bits per heavy atom. The molecule has 0 spiro atoms. The van der Waals surface area contributed by atoms with Gasteiger partial charge < -0.3 is 27.5 Å². The maximum Gasteiger partial charge on any atom is 0.419 e. The van der Waals surface area contributed by atoms with E-state index < -0.39 is 23.0 Å². The van der Waals surface area contributed by atoms with Crippen molar-refractivity contribution in [1.29, 1.82) is 0 Å². The van der Waals surface area contributed by atoms with Crippen molar-refractivity contribution in [3.8, 4) is 5.69 Å². The van der Waals surface area contributed by atoms with E-state index in [2.05, 4.69) is 59.2 Å². The van der Waals surface area contributed by atoms with Gasteiger partial charge in [-0.15, -0.1) is 0 Å². The summed E-state index contributed by atoms with van der Waals surface area (Å²) < 4.78 is 54.7. The number of hydrogen-bond donors (Lipinski definition) is 5. The largest absolute Gasteiger partial charge is 0.419 e. The molecule has 2 aromatic heterocycles. The van der Waals surface area contributed by atoms with E-state index in [0.717, 1.165) is 55.1 Å². The minimum Gasteiger partial charge on any atom is -0.370 e. The molecule has 1 aliphatic rings. The van der Waals surface area contributed by atoms with E-state index in [0.29, 0.717) is 30.6 Å². The number of aromatic nitrogens is 3. The van der Waals surface area contributed by atoms with Crippen LogP contribution in [0.25, 0.3) is 16.7 Å². The highest BCUT2D eigenvalue weighted by Crippen LogP contribution is 2.45. The number of halogens is 4. The van der Waals surface area contributed by atoms with Crippen molar-refractivity contribution in [2.24, 2.45) is 22.2 Å². The van der Waals surface area contributed by atoms with Crippen LogP contribution < -0.4 is 28.2 Å². The zero-order valence-electron chi connectivity index (χ0n) is 31.3. The van der Waals surface area contributed by atoms with Gasteiger partial charge in [0.15, 0.2) is 5.96 Å². The lowest BCUT2D eigenvalue weighted by molar-refractivity contribution is -0.140. The van der Waals surface area contributed by atoms with Crippen molar-refractivity contribution in [1.82, 2.24) is 19.9 Å². The minimum atomic E-state index is -4.68. The molecule has 13 heteroatoms. The first-order chi connectivity index (χ1) is 24.1. The van der Waals surface area contributed by atoms with Gasteiger partial charge in [-0.25, -0.2) is 9.18 Å². The lowest BCUT2D eigenvalue weighted by Gasteiger charge is -2.23. The Kier molecular flexibility index (Phi) is 12.3. The quantitative estimate of drug-likeness (QED) is 0.0483. The highest BCUT2D eigenvalue weighted by atomic mass is 19.4. The Hall–Kier alpha value is -4.23. The zero-order valence-corrected chi connectivity index (χ0v) is 31.3. The van der Waals surface area contributed by atoms with Crippen molar-refractivity contribution in [2.45, 2.75) is 116 Å². The molecular weight excluding hydrogens is 672 g/mol. The third kappa shape index (κ3) is 10.4. The van der Waals surface area contributed by atoms with Crippen LogP contribution in [-0.2, 0) is 29.0 Å². The molecule has 52 heavy (non-hydrogen) atoms. The van der Waals surface area contributed by atoms with Gasteiger partial charge in [0.05, 0.1) is 11.3 Å². The Balaban J connectivity index is 0.000000253. The lowest BCUT2D eigenvalue weighted by atomic mass is 9.83. The van der Waals surface area contributed by atoms with E-state index in [1.165, 1.54) is 5.56 Å². The molecule has 2 heterocycles. The topological polar surface area (TPSA) is 153 Å². The summed E-state index contributed by atoms with van der Waals surface area (Å²) in [5.74, 6) is -1.03. The van der Waals surface area contributed by atoms with Gasteiger partial charge in [-0.1, -0.05) is 59.7 Å². The molecule has 1 saturated carbocycles. The van der Waals surface area contributed by atoms with E-state index in [4.69, 9.17) is 17.2 Å². The number of aryl methyl sites for hydroxylation is 1. The number of alkyl halides is 3. The predicted octanol–water partition coefficient (Wildman–Crippen LogP) is 7.07. The molecule has 2 aromatic carbocycles.